The van der Waals surface area contributed by atoms with Crippen LogP contribution in [0.2, 0.25) is 4.34 Å². The van der Waals surface area contributed by atoms with Gasteiger partial charge in [0.2, 0.25) is 0 Å². The van der Waals surface area contributed by atoms with Crippen molar-refractivity contribution < 1.29 is 14.3 Å². The van der Waals surface area contributed by atoms with Crippen LogP contribution >= 0.6 is 22.9 Å². The molecule has 34 heavy (non-hydrogen) atoms. The van der Waals surface area contributed by atoms with Crippen molar-refractivity contribution in [3.63, 3.8) is 0 Å². The van der Waals surface area contributed by atoms with Gasteiger partial charge in [-0.3, -0.25) is 9.78 Å². The number of hydrogen-bond donors (Lipinski definition) is 0. The van der Waals surface area contributed by atoms with Crippen LogP contribution in [0, 0.1) is 0 Å². The standard InChI is InChI=1S/C27H25ClN2O3S/c1-32-24-17-21(10-11-23(24)33-19-20-7-3-2-4-8-20)18-30(16-14-22-9-5-6-15-29-22)27(31)25-12-13-26(28)34-25/h2-13,15,17H,14,16,18-19H2,1H3. The van der Waals surface area contributed by atoms with E-state index < -0.39 is 0 Å². The van der Waals surface area contributed by atoms with E-state index in [1.54, 1.807) is 25.4 Å². The molecule has 0 saturated heterocycles. The predicted molar refractivity (Wildman–Crippen MR) is 136 cm³/mol. The molecule has 0 spiro atoms. The van der Waals surface area contributed by atoms with Gasteiger partial charge in [-0.1, -0.05) is 54.1 Å². The highest BCUT2D eigenvalue weighted by atomic mass is 35.5. The van der Waals surface area contributed by atoms with Crippen LogP contribution in [0.5, 0.6) is 11.5 Å². The molecular formula is C27H25ClN2O3S. The molecular weight excluding hydrogens is 468 g/mol. The Hall–Kier alpha value is -3.35. The smallest absolute Gasteiger partial charge is 0.264 e. The Kier molecular flexibility index (Phi) is 8.17. The van der Waals surface area contributed by atoms with Gasteiger partial charge in [-0.2, -0.15) is 0 Å². The summed E-state index contributed by atoms with van der Waals surface area (Å²) in [5.74, 6) is 1.23. The van der Waals surface area contributed by atoms with Gasteiger partial charge in [-0.25, -0.2) is 0 Å². The van der Waals surface area contributed by atoms with Crippen LogP contribution in [0.3, 0.4) is 0 Å². The minimum Gasteiger partial charge on any atom is -0.493 e. The van der Waals surface area contributed by atoms with Gasteiger partial charge in [0.15, 0.2) is 11.5 Å². The van der Waals surface area contributed by atoms with Gasteiger partial charge in [0.1, 0.15) is 6.61 Å². The lowest BCUT2D eigenvalue weighted by molar-refractivity contribution is 0.0749. The van der Waals surface area contributed by atoms with E-state index in [-0.39, 0.29) is 5.91 Å². The molecule has 0 aliphatic heterocycles. The number of thiophene rings is 1. The third-order valence-electron chi connectivity index (χ3n) is 5.27. The molecule has 0 radical (unpaired) electrons. The second-order valence-corrected chi connectivity index (χ2v) is 9.38. The average molecular weight is 493 g/mol. The Morgan fingerprint density at radius 3 is 2.50 bits per heavy atom. The Morgan fingerprint density at radius 2 is 1.79 bits per heavy atom. The number of methoxy groups -OCH3 is 1. The van der Waals surface area contributed by atoms with Gasteiger partial charge in [0.05, 0.1) is 16.3 Å². The first-order chi connectivity index (χ1) is 16.6. The largest absolute Gasteiger partial charge is 0.493 e. The van der Waals surface area contributed by atoms with Crippen LogP contribution in [-0.4, -0.2) is 29.4 Å². The van der Waals surface area contributed by atoms with E-state index in [4.69, 9.17) is 21.1 Å². The predicted octanol–water partition coefficient (Wildman–Crippen LogP) is 6.27. The number of carbonyl (C=O) groups excluding carboxylic acids is 1. The molecule has 2 aromatic carbocycles. The number of hydrogen-bond acceptors (Lipinski definition) is 5. The molecule has 4 rings (SSSR count). The molecule has 1 amide bonds. The topological polar surface area (TPSA) is 51.7 Å². The average Bonchev–Trinajstić information content (AvgIpc) is 3.32. The van der Waals surface area contributed by atoms with Gasteiger partial charge in [0.25, 0.3) is 5.91 Å². The number of aromatic nitrogens is 1. The third-order valence-corrected chi connectivity index (χ3v) is 6.49. The maximum Gasteiger partial charge on any atom is 0.264 e. The molecule has 0 aliphatic carbocycles. The summed E-state index contributed by atoms with van der Waals surface area (Å²) in [4.78, 5) is 20.1. The van der Waals surface area contributed by atoms with E-state index in [1.807, 2.05) is 71.6 Å². The zero-order chi connectivity index (χ0) is 23.8. The molecule has 0 aliphatic rings. The van der Waals surface area contributed by atoms with E-state index in [1.165, 1.54) is 11.3 Å². The van der Waals surface area contributed by atoms with Crippen molar-refractivity contribution in [1.82, 2.24) is 9.88 Å². The number of nitrogens with zero attached hydrogens (tertiary/aromatic N) is 2. The minimum atomic E-state index is -0.0591. The summed E-state index contributed by atoms with van der Waals surface area (Å²) in [5.41, 5.74) is 2.96. The molecule has 0 atom stereocenters. The third kappa shape index (κ3) is 6.37. The lowest BCUT2D eigenvalue weighted by Crippen LogP contribution is -2.32. The number of pyridine rings is 1. The summed E-state index contributed by atoms with van der Waals surface area (Å²) in [5, 5.41) is 0. The van der Waals surface area contributed by atoms with Crippen molar-refractivity contribution >= 4 is 28.8 Å². The van der Waals surface area contributed by atoms with Crippen molar-refractivity contribution in [1.29, 1.82) is 0 Å². The van der Waals surface area contributed by atoms with Gasteiger partial charge in [-0.15, -0.1) is 11.3 Å². The number of rotatable bonds is 10. The summed E-state index contributed by atoms with van der Waals surface area (Å²) in [6.07, 6.45) is 2.42. The number of benzene rings is 2. The van der Waals surface area contributed by atoms with E-state index in [0.29, 0.717) is 46.8 Å². The van der Waals surface area contributed by atoms with Crippen molar-refractivity contribution in [3.8, 4) is 11.5 Å². The SMILES string of the molecule is COc1cc(CN(CCc2ccccn2)C(=O)c2ccc(Cl)s2)ccc1OCc1ccccc1. The summed E-state index contributed by atoms with van der Waals surface area (Å²) < 4.78 is 12.1. The number of carbonyl (C=O) groups is 1. The maximum atomic E-state index is 13.3. The molecule has 0 bridgehead atoms. The van der Waals surface area contributed by atoms with Crippen LogP contribution in [-0.2, 0) is 19.6 Å². The zero-order valence-corrected chi connectivity index (χ0v) is 20.4. The van der Waals surface area contributed by atoms with Gasteiger partial charge in [0, 0.05) is 31.4 Å². The first-order valence-corrected chi connectivity index (χ1v) is 12.1. The molecule has 2 aromatic heterocycles. The van der Waals surface area contributed by atoms with Crippen LogP contribution in [0.4, 0.5) is 0 Å². The normalized spacial score (nSPS) is 10.6. The van der Waals surface area contributed by atoms with E-state index >= 15 is 0 Å². The summed E-state index contributed by atoms with van der Waals surface area (Å²) in [6, 6.07) is 25.1. The maximum absolute atomic E-state index is 13.3. The Bertz CT molecular complexity index is 1220. The number of ether oxygens (including phenoxy) is 2. The molecule has 2 heterocycles. The summed E-state index contributed by atoms with van der Waals surface area (Å²) in [6.45, 7) is 1.40. The molecule has 0 N–H and O–H groups in total. The van der Waals surface area contributed by atoms with E-state index in [0.717, 1.165) is 16.8 Å². The van der Waals surface area contributed by atoms with Gasteiger partial charge in [-0.05, 0) is 47.5 Å². The highest BCUT2D eigenvalue weighted by molar-refractivity contribution is 7.17. The van der Waals surface area contributed by atoms with Crippen LogP contribution in [0.15, 0.2) is 85.1 Å². The van der Waals surface area contributed by atoms with Crippen molar-refractivity contribution in [2.45, 2.75) is 19.6 Å². The first kappa shape index (κ1) is 23.8. The lowest BCUT2D eigenvalue weighted by Gasteiger charge is -2.23. The monoisotopic (exact) mass is 492 g/mol. The van der Waals surface area contributed by atoms with Gasteiger partial charge < -0.3 is 14.4 Å². The Morgan fingerprint density at radius 1 is 0.971 bits per heavy atom. The highest BCUT2D eigenvalue weighted by Gasteiger charge is 2.19. The Balaban J connectivity index is 1.50. The molecule has 0 fully saturated rings. The fraction of sp³-hybridized carbons (Fsp3) is 0.185. The van der Waals surface area contributed by atoms with Crippen LogP contribution in [0.25, 0.3) is 0 Å². The zero-order valence-electron chi connectivity index (χ0n) is 18.8. The molecule has 174 valence electrons. The second kappa shape index (κ2) is 11.7. The lowest BCUT2D eigenvalue weighted by atomic mass is 10.1. The number of amides is 1. The molecule has 0 unspecified atom stereocenters. The van der Waals surface area contributed by atoms with Crippen molar-refractivity contribution in [3.05, 3.63) is 111 Å². The van der Waals surface area contributed by atoms with Gasteiger partial charge >= 0.3 is 0 Å². The van der Waals surface area contributed by atoms with E-state index in [9.17, 15) is 4.79 Å². The molecule has 5 nitrogen and oxygen atoms in total. The van der Waals surface area contributed by atoms with Crippen LogP contribution < -0.4 is 9.47 Å². The molecule has 4 aromatic rings. The fourth-order valence-corrected chi connectivity index (χ4v) is 4.53. The highest BCUT2D eigenvalue weighted by Crippen LogP contribution is 2.30. The van der Waals surface area contributed by atoms with Crippen LogP contribution in [0.1, 0.15) is 26.5 Å². The Labute approximate surface area is 208 Å². The molecule has 0 saturated carbocycles. The first-order valence-electron chi connectivity index (χ1n) is 10.9. The quantitative estimate of drug-likeness (QED) is 0.262. The van der Waals surface area contributed by atoms with Crippen molar-refractivity contribution in [2.75, 3.05) is 13.7 Å². The second-order valence-electron chi connectivity index (χ2n) is 7.66. The van der Waals surface area contributed by atoms with Crippen molar-refractivity contribution in [2.24, 2.45) is 0 Å². The summed E-state index contributed by atoms with van der Waals surface area (Å²) in [7, 11) is 1.62. The van der Waals surface area contributed by atoms with E-state index in [2.05, 4.69) is 4.98 Å². The fourth-order valence-electron chi connectivity index (χ4n) is 3.52. The minimum absolute atomic E-state index is 0.0591. The molecule has 7 heteroatoms. The number of halogens is 1. The summed E-state index contributed by atoms with van der Waals surface area (Å²) >= 11 is 7.37.